The molecular weight excluding hydrogens is 88.1 g/mol. The molecule has 0 amide bonds. The Bertz CT molecular complexity index is 62.6. The zero-order valence-electron chi connectivity index (χ0n) is 4.28. The molecule has 40 valence electrons. The van der Waals surface area contributed by atoms with Crippen LogP contribution < -0.4 is 10.6 Å². The SMILES string of the molecule is C1NC[C@H]2C[C@@H]1N2. The summed E-state index contributed by atoms with van der Waals surface area (Å²) in [5.41, 5.74) is 0. The zero-order chi connectivity index (χ0) is 4.69. The van der Waals surface area contributed by atoms with E-state index in [2.05, 4.69) is 10.6 Å². The third-order valence-corrected chi connectivity index (χ3v) is 1.82. The number of fused-ring (bicyclic) bond motifs is 2. The first-order valence-corrected chi connectivity index (χ1v) is 2.92. The molecule has 2 nitrogen and oxygen atoms in total. The Balaban J connectivity index is 1.99. The van der Waals surface area contributed by atoms with Crippen LogP contribution in [0.4, 0.5) is 0 Å². The lowest BCUT2D eigenvalue weighted by atomic mass is 9.93. The number of hydrogen-bond acceptors (Lipinski definition) is 2. The molecular formula is C5H10N2. The maximum absolute atomic E-state index is 3.42. The lowest BCUT2D eigenvalue weighted by molar-refractivity contribution is 0.201. The maximum Gasteiger partial charge on any atom is 0.0210 e. The smallest absolute Gasteiger partial charge is 0.0210 e. The molecule has 0 unspecified atom stereocenters. The number of nitrogens with one attached hydrogen (secondary N) is 2. The van der Waals surface area contributed by atoms with Gasteiger partial charge in [-0.3, -0.25) is 0 Å². The quantitative estimate of drug-likeness (QED) is 0.419. The van der Waals surface area contributed by atoms with Crippen molar-refractivity contribution in [2.45, 2.75) is 18.5 Å². The third-order valence-electron chi connectivity index (χ3n) is 1.82. The van der Waals surface area contributed by atoms with E-state index in [0.717, 1.165) is 12.1 Å². The van der Waals surface area contributed by atoms with Crippen molar-refractivity contribution in [1.82, 2.24) is 10.6 Å². The van der Waals surface area contributed by atoms with Gasteiger partial charge in [-0.05, 0) is 6.42 Å². The van der Waals surface area contributed by atoms with E-state index in [1.165, 1.54) is 19.5 Å². The highest BCUT2D eigenvalue weighted by molar-refractivity contribution is 4.95. The predicted octanol–water partition coefficient (Wildman–Crippen LogP) is -0.680. The summed E-state index contributed by atoms with van der Waals surface area (Å²) in [6.07, 6.45) is 1.41. The number of rotatable bonds is 0. The van der Waals surface area contributed by atoms with Gasteiger partial charge in [0.25, 0.3) is 0 Å². The summed E-state index contributed by atoms with van der Waals surface area (Å²) in [6.45, 7) is 2.38. The largest absolute Gasteiger partial charge is 0.314 e. The highest BCUT2D eigenvalue weighted by atomic mass is 15.1. The van der Waals surface area contributed by atoms with Crippen molar-refractivity contribution in [2.24, 2.45) is 0 Å². The van der Waals surface area contributed by atoms with E-state index < -0.39 is 0 Å². The predicted molar refractivity (Wildman–Crippen MR) is 28.2 cm³/mol. The summed E-state index contributed by atoms with van der Waals surface area (Å²) >= 11 is 0. The molecule has 3 saturated heterocycles. The highest BCUT2D eigenvalue weighted by Crippen LogP contribution is 2.13. The molecule has 3 rings (SSSR count). The van der Waals surface area contributed by atoms with E-state index in [0.29, 0.717) is 0 Å². The van der Waals surface area contributed by atoms with Crippen LogP contribution in [0.3, 0.4) is 0 Å². The van der Waals surface area contributed by atoms with Crippen LogP contribution in [0.25, 0.3) is 0 Å². The fraction of sp³-hybridized carbons (Fsp3) is 1.00. The van der Waals surface area contributed by atoms with Crippen molar-refractivity contribution in [3.05, 3.63) is 0 Å². The Morgan fingerprint density at radius 3 is 1.86 bits per heavy atom. The lowest BCUT2D eigenvalue weighted by Gasteiger charge is -2.42. The van der Waals surface area contributed by atoms with E-state index in [1.807, 2.05) is 0 Å². The average molecular weight is 98.1 g/mol. The van der Waals surface area contributed by atoms with E-state index in [9.17, 15) is 0 Å². The molecule has 3 fully saturated rings. The second kappa shape index (κ2) is 1.20. The Labute approximate surface area is 43.3 Å². The van der Waals surface area contributed by atoms with Gasteiger partial charge in [0.15, 0.2) is 0 Å². The molecule has 0 radical (unpaired) electrons. The summed E-state index contributed by atoms with van der Waals surface area (Å²) in [4.78, 5) is 0. The molecule has 7 heavy (non-hydrogen) atoms. The molecule has 0 saturated carbocycles. The molecule has 0 spiro atoms. The summed E-state index contributed by atoms with van der Waals surface area (Å²) in [5.74, 6) is 0. The van der Waals surface area contributed by atoms with Crippen LogP contribution in [0.1, 0.15) is 6.42 Å². The van der Waals surface area contributed by atoms with E-state index >= 15 is 0 Å². The first-order chi connectivity index (χ1) is 3.45. The Morgan fingerprint density at radius 1 is 1.14 bits per heavy atom. The first kappa shape index (κ1) is 3.87. The van der Waals surface area contributed by atoms with Crippen LogP contribution in [-0.4, -0.2) is 25.2 Å². The van der Waals surface area contributed by atoms with E-state index in [4.69, 9.17) is 0 Å². The van der Waals surface area contributed by atoms with Gasteiger partial charge in [0.2, 0.25) is 0 Å². The second-order valence-corrected chi connectivity index (χ2v) is 2.45. The lowest BCUT2D eigenvalue weighted by Crippen LogP contribution is -2.65. The third kappa shape index (κ3) is 0.469. The van der Waals surface area contributed by atoms with Gasteiger partial charge in [0.1, 0.15) is 0 Å². The van der Waals surface area contributed by atoms with Crippen LogP contribution in [-0.2, 0) is 0 Å². The van der Waals surface area contributed by atoms with Crippen molar-refractivity contribution in [1.29, 1.82) is 0 Å². The Kier molecular flexibility index (Phi) is 0.664. The summed E-state index contributed by atoms with van der Waals surface area (Å²) in [6, 6.07) is 1.64. The normalized spacial score (nSPS) is 48.0. The van der Waals surface area contributed by atoms with E-state index in [1.54, 1.807) is 0 Å². The van der Waals surface area contributed by atoms with Crippen molar-refractivity contribution < 1.29 is 0 Å². The second-order valence-electron chi connectivity index (χ2n) is 2.45. The number of hydrogen-bond donors (Lipinski definition) is 2. The molecule has 3 aliphatic heterocycles. The first-order valence-electron chi connectivity index (χ1n) is 2.92. The minimum absolute atomic E-state index is 0.818. The molecule has 0 aliphatic carbocycles. The summed E-state index contributed by atoms with van der Waals surface area (Å²) in [5, 5.41) is 6.74. The molecule has 3 heterocycles. The fourth-order valence-electron chi connectivity index (χ4n) is 1.37. The van der Waals surface area contributed by atoms with Crippen molar-refractivity contribution in [3.63, 3.8) is 0 Å². The monoisotopic (exact) mass is 98.1 g/mol. The number of piperidine rings is 1. The minimum atomic E-state index is 0.818. The van der Waals surface area contributed by atoms with Gasteiger partial charge >= 0.3 is 0 Å². The van der Waals surface area contributed by atoms with Crippen molar-refractivity contribution in [3.8, 4) is 0 Å². The molecule has 2 bridgehead atoms. The summed E-state index contributed by atoms with van der Waals surface area (Å²) in [7, 11) is 0. The maximum atomic E-state index is 3.42. The van der Waals surface area contributed by atoms with Gasteiger partial charge in [-0.25, -0.2) is 0 Å². The fourth-order valence-corrected chi connectivity index (χ4v) is 1.37. The Morgan fingerprint density at radius 2 is 1.71 bits per heavy atom. The van der Waals surface area contributed by atoms with Gasteiger partial charge in [0.05, 0.1) is 0 Å². The Hall–Kier alpha value is -0.0800. The van der Waals surface area contributed by atoms with Crippen molar-refractivity contribution in [2.75, 3.05) is 13.1 Å². The summed E-state index contributed by atoms with van der Waals surface area (Å²) < 4.78 is 0. The van der Waals surface area contributed by atoms with Crippen LogP contribution >= 0.6 is 0 Å². The van der Waals surface area contributed by atoms with Gasteiger partial charge < -0.3 is 10.6 Å². The minimum Gasteiger partial charge on any atom is -0.314 e. The molecule has 2 N–H and O–H groups in total. The zero-order valence-corrected chi connectivity index (χ0v) is 4.28. The molecule has 0 aromatic rings. The standard InChI is InChI=1S/C5H10N2/c1-4-2-6-3-5(1)7-4/h4-7H,1-3H2/t4-,5+. The van der Waals surface area contributed by atoms with Gasteiger partial charge in [-0.2, -0.15) is 0 Å². The molecule has 2 heteroatoms. The van der Waals surface area contributed by atoms with Crippen LogP contribution in [0.2, 0.25) is 0 Å². The van der Waals surface area contributed by atoms with Gasteiger partial charge in [0, 0.05) is 25.2 Å². The molecule has 0 aromatic carbocycles. The topological polar surface area (TPSA) is 24.1 Å². The highest BCUT2D eigenvalue weighted by Gasteiger charge is 2.31. The molecule has 2 atom stereocenters. The van der Waals surface area contributed by atoms with Crippen LogP contribution in [0.5, 0.6) is 0 Å². The van der Waals surface area contributed by atoms with Crippen LogP contribution in [0, 0.1) is 0 Å². The van der Waals surface area contributed by atoms with Crippen LogP contribution in [0.15, 0.2) is 0 Å². The number of piperazine rings is 1. The van der Waals surface area contributed by atoms with Gasteiger partial charge in [-0.15, -0.1) is 0 Å². The molecule has 0 aromatic heterocycles. The van der Waals surface area contributed by atoms with Gasteiger partial charge in [-0.1, -0.05) is 0 Å². The average Bonchev–Trinajstić information content (AvgIpc) is 1.67. The van der Waals surface area contributed by atoms with Crippen molar-refractivity contribution >= 4 is 0 Å². The molecule has 3 aliphatic rings. The van der Waals surface area contributed by atoms with E-state index in [-0.39, 0.29) is 0 Å².